The molecule has 0 spiro atoms. The number of amides is 3. The molecule has 11 rings (SSSR count). The number of alkyl halides is 3. The van der Waals surface area contributed by atoms with Crippen LogP contribution in [-0.2, 0) is 4.79 Å². The van der Waals surface area contributed by atoms with E-state index in [2.05, 4.69) is 93.7 Å². The second-order valence-electron chi connectivity index (χ2n) is 15.2. The quantitative estimate of drug-likeness (QED) is 0.0294. The van der Waals surface area contributed by atoms with Crippen LogP contribution in [0.3, 0.4) is 0 Å². The topological polar surface area (TPSA) is 205 Å². The lowest BCUT2D eigenvalue weighted by Gasteiger charge is -2.25. The fourth-order valence-electron chi connectivity index (χ4n) is 8.18. The van der Waals surface area contributed by atoms with Crippen LogP contribution < -0.4 is 21.7 Å². The average molecular weight is 1180 g/mol. The van der Waals surface area contributed by atoms with Crippen molar-refractivity contribution in [1.29, 1.82) is 0 Å². The van der Waals surface area contributed by atoms with E-state index >= 15 is 0 Å². The Morgan fingerprint density at radius 3 is 1.52 bits per heavy atom. The van der Waals surface area contributed by atoms with Crippen LogP contribution in [0.4, 0.5) is 4.79 Å². The van der Waals surface area contributed by atoms with Gasteiger partial charge in [0.15, 0.2) is 24.9 Å². The molecule has 2 fully saturated rings. The minimum Gasteiger partial charge on any atom is -0.332 e. The maximum absolute atomic E-state index is 11.9. The van der Waals surface area contributed by atoms with Gasteiger partial charge in [0.1, 0.15) is 22.6 Å². The van der Waals surface area contributed by atoms with E-state index in [-0.39, 0.29) is 28.1 Å². The van der Waals surface area contributed by atoms with Gasteiger partial charge in [-0.1, -0.05) is 126 Å². The number of fused-ring (bicyclic) bond motifs is 21. The molecule has 2 saturated heterocycles. The van der Waals surface area contributed by atoms with E-state index < -0.39 is 1.55 Å². The first-order chi connectivity index (χ1) is 30.1. The molecular weight excluding hydrogens is 1140 g/mol. The molecule has 0 saturated carbocycles. The Kier molecular flexibility index (Phi) is 11.5. The third kappa shape index (κ3) is 8.11. The molecule has 0 aliphatic carbocycles. The normalized spacial score (nSPS) is 17.9. The van der Waals surface area contributed by atoms with Gasteiger partial charge in [-0.15, -0.1) is 0 Å². The zero-order valence-electron chi connectivity index (χ0n) is 32.7. The molecule has 1 unspecified atom stereocenters. The largest absolute Gasteiger partial charge is 0.332 e. The Morgan fingerprint density at radius 1 is 0.677 bits per heavy atom. The van der Waals surface area contributed by atoms with Crippen LogP contribution in [0.15, 0.2) is 97.1 Å². The highest BCUT2D eigenvalue weighted by atomic mass is 127. The van der Waals surface area contributed by atoms with Crippen LogP contribution in [0, 0.1) is 0 Å². The highest BCUT2D eigenvalue weighted by Gasteiger charge is 2.42. The summed E-state index contributed by atoms with van der Waals surface area (Å²) in [5.41, 5.74) is 12.3. The van der Waals surface area contributed by atoms with E-state index in [1.165, 1.54) is 0 Å². The predicted molar refractivity (Wildman–Crippen MR) is 271 cm³/mol. The number of H-pyrrole nitrogens is 2. The number of benzene rings is 4. The molecule has 3 amide bonds. The van der Waals surface area contributed by atoms with E-state index in [9.17, 15) is 9.59 Å². The van der Waals surface area contributed by atoms with Crippen LogP contribution in [0.5, 0.6) is 0 Å². The highest BCUT2D eigenvalue weighted by molar-refractivity contribution is 14.2. The van der Waals surface area contributed by atoms with Gasteiger partial charge in [0.25, 0.3) is 0 Å². The number of nitrogens with one attached hydrogen (secondary N) is 5. The number of aromatic nitrogens is 8. The molecular formula is C44H37I3N12O2S. The molecule has 7 aromatic rings. The van der Waals surface area contributed by atoms with E-state index in [1.807, 2.05) is 109 Å². The van der Waals surface area contributed by atoms with E-state index in [4.69, 9.17) is 35.6 Å². The van der Waals surface area contributed by atoms with Crippen LogP contribution in [-0.4, -0.2) is 80.5 Å². The molecule has 62 heavy (non-hydrogen) atoms. The van der Waals surface area contributed by atoms with E-state index in [0.717, 1.165) is 68.8 Å². The van der Waals surface area contributed by atoms with Crippen molar-refractivity contribution in [2.24, 2.45) is 5.73 Å². The second kappa shape index (κ2) is 17.2. The number of thioether (sulfide) groups is 1. The summed E-state index contributed by atoms with van der Waals surface area (Å²) in [6.45, 7) is 0. The van der Waals surface area contributed by atoms with Crippen LogP contribution in [0.2, 0.25) is 0 Å². The number of unbranched alkanes of at least 4 members (excludes halogenated alkanes) is 1. The minimum atomic E-state index is -0.443. The third-order valence-electron chi connectivity index (χ3n) is 11.2. The maximum atomic E-state index is 11.9. The number of halogens is 3. The van der Waals surface area contributed by atoms with E-state index in [1.54, 1.807) is 0 Å². The Morgan fingerprint density at radius 2 is 1.10 bits per heavy atom. The first kappa shape index (κ1) is 41.5. The van der Waals surface area contributed by atoms with Gasteiger partial charge < -0.3 is 31.7 Å². The first-order valence-electron chi connectivity index (χ1n) is 20.1. The third-order valence-corrected chi connectivity index (χ3v) is 17.9. The van der Waals surface area contributed by atoms with Crippen molar-refractivity contribution in [3.63, 3.8) is 0 Å². The monoisotopic (exact) mass is 1180 g/mol. The summed E-state index contributed by atoms with van der Waals surface area (Å²) in [5.74, 6) is 3.41. The molecule has 4 atom stereocenters. The zero-order valence-corrected chi connectivity index (χ0v) is 40.0. The zero-order chi connectivity index (χ0) is 42.5. The standard InChI is InChI=1S/C32H18N8.C12H19I3N4O2S/c1-2-10-18-17(9-1)25-33-26(18)38-28-21-13-5-6-14-22(21)30(35-28)40-32-24-16-8-7-15-23(24)31(36-32)39-29-20-12-4-3-11-19(20)27(34-29)37-25;13-10(16)12(14,15)19-8(20)4-2-1-3-7-9-6(5-22-7)17-11(21)18-9/h1-16H,(H2,33,34,35,36,37,38,39,40);6-7,9-10H,1-5,16H2,(H,19,20)(H2,17,18,21)/t;6-,7-,9-,10?/m.0/s1. The van der Waals surface area contributed by atoms with Gasteiger partial charge in [0, 0.05) is 61.2 Å². The lowest BCUT2D eigenvalue weighted by atomic mass is 10.0. The molecule has 4 aliphatic heterocycles. The number of carbonyl (C=O) groups excluding carboxylic acids is 2. The van der Waals surface area contributed by atoms with Crippen LogP contribution >= 0.6 is 79.5 Å². The van der Waals surface area contributed by atoms with Gasteiger partial charge in [-0.3, -0.25) is 4.79 Å². The van der Waals surface area contributed by atoms with Crippen molar-refractivity contribution in [3.05, 3.63) is 97.1 Å². The van der Waals surface area contributed by atoms with Crippen LogP contribution in [0.25, 0.3) is 89.7 Å². The summed E-state index contributed by atoms with van der Waals surface area (Å²) in [4.78, 5) is 60.0. The molecule has 4 aliphatic rings. The summed E-state index contributed by atoms with van der Waals surface area (Å²) in [6, 6.07) is 32.7. The number of nitrogens with two attached hydrogens (primary N) is 1. The lowest BCUT2D eigenvalue weighted by Crippen LogP contribution is -2.48. The number of rotatable bonds is 7. The fourth-order valence-corrected chi connectivity index (χ4v) is 10.5. The molecule has 8 bridgehead atoms. The van der Waals surface area contributed by atoms with Gasteiger partial charge in [-0.25, -0.2) is 34.7 Å². The number of nitrogens with zero attached hydrogens (tertiary/aromatic N) is 6. The van der Waals surface area contributed by atoms with Gasteiger partial charge >= 0.3 is 6.03 Å². The summed E-state index contributed by atoms with van der Waals surface area (Å²) < 4.78 is -0.581. The Bertz CT molecular complexity index is 2760. The number of aromatic amines is 2. The van der Waals surface area contributed by atoms with Gasteiger partial charge in [0.05, 0.1) is 16.1 Å². The van der Waals surface area contributed by atoms with Crippen molar-refractivity contribution < 1.29 is 9.59 Å². The van der Waals surface area contributed by atoms with Gasteiger partial charge in [-0.2, -0.15) is 11.8 Å². The van der Waals surface area contributed by atoms with Gasteiger partial charge in [0.2, 0.25) is 5.91 Å². The van der Waals surface area contributed by atoms with Crippen molar-refractivity contribution >= 4 is 136 Å². The van der Waals surface area contributed by atoms with Crippen LogP contribution in [0.1, 0.15) is 25.7 Å². The average Bonchev–Trinajstić information content (AvgIpc) is 4.12. The first-order valence-corrected chi connectivity index (χ1v) is 24.5. The maximum Gasteiger partial charge on any atom is 0.315 e. The molecule has 18 heteroatoms. The Labute approximate surface area is 400 Å². The highest BCUT2D eigenvalue weighted by Crippen LogP contribution is 2.37. The second-order valence-corrected chi connectivity index (χ2v) is 23.3. The Balaban J connectivity index is 0.000000178. The molecule has 0 radical (unpaired) electrons. The van der Waals surface area contributed by atoms with Crippen molar-refractivity contribution in [1.82, 2.24) is 55.8 Å². The predicted octanol–water partition coefficient (Wildman–Crippen LogP) is 8.94. The lowest BCUT2D eigenvalue weighted by molar-refractivity contribution is -0.121. The number of hydrogen-bond acceptors (Lipinski definition) is 10. The smallest absolute Gasteiger partial charge is 0.315 e. The summed E-state index contributed by atoms with van der Waals surface area (Å²) >= 11 is 8.35. The SMILES string of the molecule is NC(I)C(I)(I)NC(=O)CCCC[C@@H]1SC[C@@H]2NC(=O)N[C@@H]21.c1ccc2c(c1)-c1nc-2nc2[nH]c(nc3nc(nc4[nH]c(n1)c1ccccc41)-c1ccccc1-3)c1ccccc21. The number of hydrogen-bond donors (Lipinski definition) is 6. The number of carbonyl (C=O) groups is 2. The molecule has 7 N–H and O–H groups in total. The van der Waals surface area contributed by atoms with Crippen molar-refractivity contribution in [2.75, 3.05) is 5.75 Å². The van der Waals surface area contributed by atoms with E-state index in [0.29, 0.717) is 57.6 Å². The summed E-state index contributed by atoms with van der Waals surface area (Å²) in [6.07, 6.45) is 3.41. The molecule has 312 valence electrons. The molecule has 7 heterocycles. The summed E-state index contributed by atoms with van der Waals surface area (Å²) in [7, 11) is 0. The Hall–Kier alpha value is -4.52. The number of urea groups is 1. The minimum absolute atomic E-state index is 0.0451. The fraction of sp³-hybridized carbons (Fsp3) is 0.227. The van der Waals surface area contributed by atoms with Crippen molar-refractivity contribution in [2.45, 2.75) is 48.6 Å². The molecule has 4 aromatic carbocycles. The molecule has 3 aromatic heterocycles. The molecule has 14 nitrogen and oxygen atoms in total. The van der Waals surface area contributed by atoms with Crippen molar-refractivity contribution in [3.8, 4) is 45.6 Å². The summed E-state index contributed by atoms with van der Waals surface area (Å²) in [5, 5.41) is 13.2. The van der Waals surface area contributed by atoms with Gasteiger partial charge in [-0.05, 0) is 58.0 Å².